The molecule has 0 spiro atoms. The van der Waals surface area contributed by atoms with E-state index in [9.17, 15) is 5.11 Å². The molecule has 0 saturated carbocycles. The zero-order valence-corrected chi connectivity index (χ0v) is 10.7. The summed E-state index contributed by atoms with van der Waals surface area (Å²) in [6.07, 6.45) is 1.11. The Bertz CT molecular complexity index is 390. The fourth-order valence-electron chi connectivity index (χ4n) is 2.38. The van der Waals surface area contributed by atoms with Crippen LogP contribution in [0.5, 0.6) is 11.5 Å². The number of benzene rings is 1. The standard InChI is InChI=1S/C14H21NO2/c1-4-12(9(2)3)15-13-8-17-14-7-10(16)5-6-11(13)14/h5-7,9,12-13,15-16H,4,8H2,1-3H3. The fraction of sp³-hybridized carbons (Fsp3) is 0.571. The topological polar surface area (TPSA) is 41.5 Å². The molecule has 3 nitrogen and oxygen atoms in total. The first-order valence-electron chi connectivity index (χ1n) is 6.33. The van der Waals surface area contributed by atoms with Crippen molar-refractivity contribution in [3.05, 3.63) is 23.8 Å². The van der Waals surface area contributed by atoms with Gasteiger partial charge in [0.1, 0.15) is 18.1 Å². The molecule has 2 rings (SSSR count). The predicted molar refractivity (Wildman–Crippen MR) is 68.4 cm³/mol. The molecule has 2 atom stereocenters. The molecule has 3 heteroatoms. The van der Waals surface area contributed by atoms with Crippen LogP contribution in [0.2, 0.25) is 0 Å². The van der Waals surface area contributed by atoms with Gasteiger partial charge in [0, 0.05) is 17.7 Å². The average molecular weight is 235 g/mol. The molecule has 1 aliphatic rings. The van der Waals surface area contributed by atoms with Crippen LogP contribution in [0.3, 0.4) is 0 Å². The Morgan fingerprint density at radius 1 is 1.47 bits per heavy atom. The lowest BCUT2D eigenvalue weighted by Crippen LogP contribution is -2.36. The van der Waals surface area contributed by atoms with Crippen molar-refractivity contribution in [1.82, 2.24) is 5.32 Å². The van der Waals surface area contributed by atoms with Crippen LogP contribution in [-0.4, -0.2) is 17.8 Å². The Morgan fingerprint density at radius 2 is 2.24 bits per heavy atom. The summed E-state index contributed by atoms with van der Waals surface area (Å²) in [7, 11) is 0. The SMILES string of the molecule is CCC(NC1COc2cc(O)ccc21)C(C)C. The number of aromatic hydroxyl groups is 1. The van der Waals surface area contributed by atoms with Crippen molar-refractivity contribution in [2.75, 3.05) is 6.61 Å². The molecule has 0 aliphatic carbocycles. The third-order valence-electron chi connectivity index (χ3n) is 3.44. The highest BCUT2D eigenvalue weighted by Crippen LogP contribution is 2.35. The first-order valence-corrected chi connectivity index (χ1v) is 6.33. The van der Waals surface area contributed by atoms with E-state index in [1.165, 1.54) is 0 Å². The number of phenolic OH excluding ortho intramolecular Hbond substituents is 1. The summed E-state index contributed by atoms with van der Waals surface area (Å²) in [5.74, 6) is 1.68. The van der Waals surface area contributed by atoms with Gasteiger partial charge in [-0.2, -0.15) is 0 Å². The van der Waals surface area contributed by atoms with Crippen molar-refractivity contribution in [2.24, 2.45) is 5.92 Å². The lowest BCUT2D eigenvalue weighted by Gasteiger charge is -2.24. The first-order chi connectivity index (χ1) is 8.11. The molecule has 2 N–H and O–H groups in total. The van der Waals surface area contributed by atoms with Crippen molar-refractivity contribution in [3.8, 4) is 11.5 Å². The van der Waals surface area contributed by atoms with Gasteiger partial charge in [-0.05, 0) is 24.5 Å². The summed E-state index contributed by atoms with van der Waals surface area (Å²) in [6.45, 7) is 7.32. The second-order valence-electron chi connectivity index (χ2n) is 5.01. The number of hydrogen-bond acceptors (Lipinski definition) is 3. The Balaban J connectivity index is 2.11. The van der Waals surface area contributed by atoms with Crippen LogP contribution >= 0.6 is 0 Å². The molecule has 17 heavy (non-hydrogen) atoms. The van der Waals surface area contributed by atoms with E-state index >= 15 is 0 Å². The maximum Gasteiger partial charge on any atom is 0.127 e. The van der Waals surface area contributed by atoms with Gasteiger partial charge in [0.15, 0.2) is 0 Å². The summed E-state index contributed by atoms with van der Waals surface area (Å²) in [5, 5.41) is 13.0. The Kier molecular flexibility index (Phi) is 3.57. The van der Waals surface area contributed by atoms with Crippen molar-refractivity contribution in [2.45, 2.75) is 39.3 Å². The monoisotopic (exact) mass is 235 g/mol. The van der Waals surface area contributed by atoms with Crippen molar-refractivity contribution >= 4 is 0 Å². The van der Waals surface area contributed by atoms with Crippen LogP contribution in [0.15, 0.2) is 18.2 Å². The highest BCUT2D eigenvalue weighted by molar-refractivity contribution is 5.44. The van der Waals surface area contributed by atoms with Gasteiger partial charge in [0.2, 0.25) is 0 Å². The number of rotatable bonds is 4. The molecule has 0 radical (unpaired) electrons. The minimum absolute atomic E-state index is 0.248. The Hall–Kier alpha value is -1.22. The van der Waals surface area contributed by atoms with Crippen LogP contribution in [-0.2, 0) is 0 Å². The largest absolute Gasteiger partial charge is 0.508 e. The molecule has 1 aromatic rings. The quantitative estimate of drug-likeness (QED) is 0.843. The minimum Gasteiger partial charge on any atom is -0.508 e. The molecule has 1 aliphatic heterocycles. The van der Waals surface area contributed by atoms with Gasteiger partial charge in [-0.1, -0.05) is 20.8 Å². The third kappa shape index (κ3) is 2.55. The second-order valence-corrected chi connectivity index (χ2v) is 5.01. The molecular formula is C14H21NO2. The predicted octanol–water partition coefficient (Wildman–Crippen LogP) is 2.85. The summed E-state index contributed by atoms with van der Waals surface area (Å²) in [6, 6.07) is 6.11. The lowest BCUT2D eigenvalue weighted by molar-refractivity contribution is 0.274. The maximum absolute atomic E-state index is 9.40. The number of hydrogen-bond donors (Lipinski definition) is 2. The van der Waals surface area contributed by atoms with E-state index in [2.05, 4.69) is 26.1 Å². The molecule has 2 unspecified atom stereocenters. The second kappa shape index (κ2) is 4.96. The van der Waals surface area contributed by atoms with Gasteiger partial charge in [-0.25, -0.2) is 0 Å². The number of phenols is 1. The molecule has 1 aromatic carbocycles. The van der Waals surface area contributed by atoms with E-state index in [-0.39, 0.29) is 11.8 Å². The molecule has 0 fully saturated rings. The van der Waals surface area contributed by atoms with Gasteiger partial charge in [-0.3, -0.25) is 0 Å². The van der Waals surface area contributed by atoms with E-state index in [0.29, 0.717) is 18.6 Å². The zero-order chi connectivity index (χ0) is 12.4. The molecular weight excluding hydrogens is 214 g/mol. The summed E-state index contributed by atoms with van der Waals surface area (Å²) < 4.78 is 5.59. The van der Waals surface area contributed by atoms with Crippen molar-refractivity contribution in [3.63, 3.8) is 0 Å². The Morgan fingerprint density at radius 3 is 2.88 bits per heavy atom. The number of fused-ring (bicyclic) bond motifs is 1. The van der Waals surface area contributed by atoms with E-state index < -0.39 is 0 Å². The fourth-order valence-corrected chi connectivity index (χ4v) is 2.38. The Labute approximate surface area is 103 Å². The minimum atomic E-state index is 0.248. The van der Waals surface area contributed by atoms with Crippen LogP contribution in [0, 0.1) is 5.92 Å². The number of ether oxygens (including phenoxy) is 1. The molecule has 1 heterocycles. The summed E-state index contributed by atoms with van der Waals surface area (Å²) in [5.41, 5.74) is 1.15. The van der Waals surface area contributed by atoms with Gasteiger partial charge in [0.25, 0.3) is 0 Å². The highest BCUT2D eigenvalue weighted by atomic mass is 16.5. The summed E-state index contributed by atoms with van der Waals surface area (Å²) in [4.78, 5) is 0. The zero-order valence-electron chi connectivity index (χ0n) is 10.7. The molecule has 0 bridgehead atoms. The van der Waals surface area contributed by atoms with Crippen LogP contribution in [0.25, 0.3) is 0 Å². The van der Waals surface area contributed by atoms with Crippen LogP contribution < -0.4 is 10.1 Å². The third-order valence-corrected chi connectivity index (χ3v) is 3.44. The average Bonchev–Trinajstić information content (AvgIpc) is 2.67. The van der Waals surface area contributed by atoms with Crippen LogP contribution in [0.1, 0.15) is 38.8 Å². The van der Waals surface area contributed by atoms with Crippen molar-refractivity contribution < 1.29 is 9.84 Å². The van der Waals surface area contributed by atoms with E-state index in [1.807, 2.05) is 6.07 Å². The molecule has 0 aromatic heterocycles. The maximum atomic E-state index is 9.40. The molecule has 0 saturated heterocycles. The smallest absolute Gasteiger partial charge is 0.127 e. The van der Waals surface area contributed by atoms with Gasteiger partial charge in [-0.15, -0.1) is 0 Å². The normalized spacial score (nSPS) is 20.1. The van der Waals surface area contributed by atoms with E-state index in [1.54, 1.807) is 12.1 Å². The summed E-state index contributed by atoms with van der Waals surface area (Å²) >= 11 is 0. The van der Waals surface area contributed by atoms with Crippen LogP contribution in [0.4, 0.5) is 0 Å². The molecule has 94 valence electrons. The van der Waals surface area contributed by atoms with Gasteiger partial charge >= 0.3 is 0 Å². The highest BCUT2D eigenvalue weighted by Gasteiger charge is 2.26. The van der Waals surface area contributed by atoms with E-state index in [4.69, 9.17) is 4.74 Å². The van der Waals surface area contributed by atoms with Gasteiger partial charge in [0.05, 0.1) is 6.04 Å². The first kappa shape index (κ1) is 12.2. The lowest BCUT2D eigenvalue weighted by atomic mass is 9.99. The van der Waals surface area contributed by atoms with E-state index in [0.717, 1.165) is 17.7 Å². The number of nitrogens with one attached hydrogen (secondary N) is 1. The van der Waals surface area contributed by atoms with Crippen molar-refractivity contribution in [1.29, 1.82) is 0 Å². The molecule has 0 amide bonds. The van der Waals surface area contributed by atoms with Gasteiger partial charge < -0.3 is 15.2 Å².